The Morgan fingerprint density at radius 3 is 1.00 bits per heavy atom. The van der Waals surface area contributed by atoms with Gasteiger partial charge in [-0.1, -0.05) is 8.67 Å². The summed E-state index contributed by atoms with van der Waals surface area (Å²) in [7, 11) is -14.7. The minimum atomic E-state index is -5.02. The van der Waals surface area contributed by atoms with Gasteiger partial charge in [-0.05, 0) is 12.1 Å². The zero-order chi connectivity index (χ0) is 16.4. The summed E-state index contributed by atoms with van der Waals surface area (Å²) in [5.74, 6) is 0. The highest BCUT2D eigenvalue weighted by Crippen LogP contribution is 2.25. The van der Waals surface area contributed by atoms with E-state index >= 15 is 0 Å². The van der Waals surface area contributed by atoms with E-state index in [-0.39, 0.29) is 30.8 Å². The van der Waals surface area contributed by atoms with E-state index in [1.165, 1.54) is 0 Å². The van der Waals surface area contributed by atoms with E-state index in [0.717, 1.165) is 0 Å². The lowest BCUT2D eigenvalue weighted by atomic mass is 10.7. The van der Waals surface area contributed by atoms with Crippen LogP contribution in [0.1, 0.15) is 0 Å². The fraction of sp³-hybridized carbons (Fsp3) is 0. The zero-order valence-corrected chi connectivity index (χ0v) is 15.2. The molecular weight excluding hydrogens is 419 g/mol. The molecule has 0 bridgehead atoms. The monoisotopic (exact) mass is 444 g/mol. The minimum Gasteiger partial charge on any atom is -0.368 e. The first-order valence-electron chi connectivity index (χ1n) is 3.89. The third-order valence-electron chi connectivity index (χ3n) is 0.696. The molecule has 0 aromatic carbocycles. The van der Waals surface area contributed by atoms with Crippen LogP contribution in [0.25, 0.3) is 0 Å². The molecular formula is C4H25N6O12PS2. The number of aromatic amines is 1. The third-order valence-corrected chi connectivity index (χ3v) is 1.26. The third kappa shape index (κ3) is 84.1. The van der Waals surface area contributed by atoms with Crippen molar-refractivity contribution < 1.29 is 53.9 Å². The smallest absolute Gasteiger partial charge is 0.368 e. The summed E-state index contributed by atoms with van der Waals surface area (Å²) in [5, 5.41) is 0. The van der Waals surface area contributed by atoms with Gasteiger partial charge in [-0.25, -0.2) is 4.57 Å². The highest BCUT2D eigenvalue weighted by atomic mass is 32.3. The van der Waals surface area contributed by atoms with E-state index in [9.17, 15) is 16.8 Å². The molecule has 0 spiro atoms. The molecule has 0 atom stereocenters. The quantitative estimate of drug-likeness (QED) is 0.120. The van der Waals surface area contributed by atoms with Gasteiger partial charge in [0.2, 0.25) is 0 Å². The van der Waals surface area contributed by atoms with Gasteiger partial charge in [0.05, 0.1) is 0 Å². The van der Waals surface area contributed by atoms with Gasteiger partial charge < -0.3 is 50.4 Å². The Morgan fingerprint density at radius 1 is 0.720 bits per heavy atom. The number of rotatable bonds is 3. The topological polar surface area (TPSA) is 396 Å². The van der Waals surface area contributed by atoms with E-state index < -0.39 is 28.6 Å². The second-order valence-corrected chi connectivity index (χ2v) is 5.40. The van der Waals surface area contributed by atoms with Crippen LogP contribution in [0.4, 0.5) is 0 Å². The van der Waals surface area contributed by atoms with Crippen molar-refractivity contribution in [3.8, 4) is 0 Å². The van der Waals surface area contributed by atoms with Crippen LogP contribution >= 0.6 is 7.82 Å². The van der Waals surface area contributed by atoms with Gasteiger partial charge in [-0.3, -0.25) is 9.11 Å². The van der Waals surface area contributed by atoms with Crippen molar-refractivity contribution in [2.75, 3.05) is 0 Å². The number of H-pyrrole nitrogens is 1. The van der Waals surface area contributed by atoms with E-state index in [1.54, 1.807) is 0 Å². The first-order valence-corrected chi connectivity index (χ1v) is 8.19. The summed E-state index contributed by atoms with van der Waals surface area (Å²) >= 11 is 0. The Balaban J connectivity index is -0.0000000378. The minimum absolute atomic E-state index is 0. The molecule has 0 aliphatic rings. The van der Waals surface area contributed by atoms with Crippen LogP contribution in [0.3, 0.4) is 0 Å². The summed E-state index contributed by atoms with van der Waals surface area (Å²) in [5.41, 5.74) is 0. The van der Waals surface area contributed by atoms with Crippen molar-refractivity contribution in [1.82, 2.24) is 35.7 Å². The van der Waals surface area contributed by atoms with Crippen LogP contribution in [0.15, 0.2) is 24.5 Å². The maximum absolute atomic E-state index is 9.51. The van der Waals surface area contributed by atoms with Crippen molar-refractivity contribution in [3.63, 3.8) is 0 Å². The van der Waals surface area contributed by atoms with E-state index in [2.05, 4.69) is 13.7 Å². The van der Waals surface area contributed by atoms with Crippen LogP contribution in [0.2, 0.25) is 0 Å². The first kappa shape index (κ1) is 43.9. The van der Waals surface area contributed by atoms with Crippen molar-refractivity contribution in [3.05, 3.63) is 24.5 Å². The summed E-state index contributed by atoms with van der Waals surface area (Å²) in [6.07, 6.45) is 3.75. The van der Waals surface area contributed by atoms with Crippen LogP contribution in [0, 0.1) is 0 Å². The molecule has 0 radical (unpaired) electrons. The molecule has 21 heteroatoms. The zero-order valence-electron chi connectivity index (χ0n) is 12.7. The van der Waals surface area contributed by atoms with Crippen LogP contribution < -0.4 is 30.8 Å². The molecule has 160 valence electrons. The Bertz CT molecular complexity index is 540. The average molecular weight is 444 g/mol. The summed E-state index contributed by atoms with van der Waals surface area (Å²) in [6, 6.07) is 3.89. The van der Waals surface area contributed by atoms with Crippen LogP contribution in [0.5, 0.6) is 0 Å². The predicted molar refractivity (Wildman–Crippen MR) is 85.4 cm³/mol. The summed E-state index contributed by atoms with van der Waals surface area (Å²) in [4.78, 5) is 24.4. The van der Waals surface area contributed by atoms with Gasteiger partial charge in [0.1, 0.15) is 0 Å². The van der Waals surface area contributed by atoms with Gasteiger partial charge in [0, 0.05) is 12.4 Å². The Kier molecular flexibility index (Phi) is 33.8. The number of hydrogen-bond acceptors (Lipinski definition) is 12. The number of aromatic nitrogens is 1. The van der Waals surface area contributed by atoms with Gasteiger partial charge in [0.25, 0.3) is 0 Å². The highest BCUT2D eigenvalue weighted by Gasteiger charge is 2.13. The van der Waals surface area contributed by atoms with Crippen molar-refractivity contribution in [2.45, 2.75) is 0 Å². The summed E-state index contributed by atoms with van der Waals surface area (Å²) < 4.78 is 67.8. The normalized spacial score (nSPS) is 9.32. The lowest BCUT2D eigenvalue weighted by Gasteiger charge is -1.92. The molecule has 0 fully saturated rings. The molecule has 1 heterocycles. The number of hydrogen-bond donors (Lipinski definition) is 11. The van der Waals surface area contributed by atoms with E-state index in [4.69, 9.17) is 28.4 Å². The van der Waals surface area contributed by atoms with Crippen LogP contribution in [-0.2, 0) is 34.0 Å². The number of phosphoric acid groups is 1. The Labute approximate surface area is 143 Å². The average Bonchev–Trinajstić information content (AvgIpc) is 2.67. The van der Waals surface area contributed by atoms with Gasteiger partial charge in [0.15, 0.2) is 0 Å². The maximum Gasteiger partial charge on any atom is 0.466 e. The Hall–Kier alpha value is -1.07. The van der Waals surface area contributed by atoms with Crippen molar-refractivity contribution in [2.24, 2.45) is 0 Å². The second kappa shape index (κ2) is 19.3. The highest BCUT2D eigenvalue weighted by molar-refractivity contribution is 7.83. The fourth-order valence-electron chi connectivity index (χ4n) is 0.348. The predicted octanol–water partition coefficient (Wildman–Crippen LogP) is -0.564. The molecule has 0 aliphatic carbocycles. The molecule has 0 aliphatic heterocycles. The largest absolute Gasteiger partial charge is 0.466 e. The molecule has 21 N–H and O–H groups in total. The molecule has 1 rings (SSSR count). The van der Waals surface area contributed by atoms with Gasteiger partial charge in [-0.15, -0.1) is 0 Å². The first-order chi connectivity index (χ1) is 8.71. The maximum atomic E-state index is 9.51. The summed E-state index contributed by atoms with van der Waals surface area (Å²) in [6.45, 7) is 0. The van der Waals surface area contributed by atoms with E-state index in [0.29, 0.717) is 0 Å². The second-order valence-electron chi connectivity index (χ2n) is 2.39. The molecule has 25 heavy (non-hydrogen) atoms. The lowest BCUT2D eigenvalue weighted by Crippen LogP contribution is -2.10. The molecule has 1 aromatic heterocycles. The van der Waals surface area contributed by atoms with Gasteiger partial charge >= 0.3 is 28.6 Å². The molecule has 0 saturated heterocycles. The molecule has 0 amide bonds. The molecule has 0 unspecified atom stereocenters. The fourth-order valence-corrected chi connectivity index (χ4v) is 0.910. The number of nitrogens with one attached hydrogen (secondary N) is 1. The van der Waals surface area contributed by atoms with Crippen LogP contribution in [-0.4, -0.2) is 45.6 Å². The standard InChI is InChI=1S/C4H5N.5H3N.H2O8S2.H3O4P/c1-2-4-5-3-1;;;;;;1-9(2,3)7-8-10(4,5)6;1-5(2,3)4/h1-5H;5*1H3;(H,1,2,3)(H,4,5,6);(H3,1,2,3,4). The van der Waals surface area contributed by atoms with Crippen molar-refractivity contribution >= 4 is 28.6 Å². The Morgan fingerprint density at radius 2 is 0.920 bits per heavy atom. The van der Waals surface area contributed by atoms with E-state index in [1.807, 2.05) is 24.5 Å². The molecule has 0 saturated carbocycles. The van der Waals surface area contributed by atoms with Crippen molar-refractivity contribution in [1.29, 1.82) is 0 Å². The SMILES string of the molecule is N.N.N.N.N.O=P(O)(O)O.O=S(=O)(O)OOS(=O)(=O)O.c1cc[nH]c1. The lowest BCUT2D eigenvalue weighted by molar-refractivity contribution is -0.105. The molecule has 1 aromatic rings. The molecule has 18 nitrogen and oxygen atoms in total. The van der Waals surface area contributed by atoms with Gasteiger partial charge in [-0.2, -0.15) is 16.8 Å².